The number of hydrogen-bond donors (Lipinski definition) is 1. The van der Waals surface area contributed by atoms with E-state index in [0.29, 0.717) is 22.7 Å². The van der Waals surface area contributed by atoms with Crippen LogP contribution in [0.1, 0.15) is 19.8 Å². The monoisotopic (exact) mass is 370 g/mol. The number of nitrogens with one attached hydrogen (secondary N) is 1. The highest BCUT2D eigenvalue weighted by Gasteiger charge is 2.29. The van der Waals surface area contributed by atoms with Gasteiger partial charge in [-0.15, -0.1) is 0 Å². The summed E-state index contributed by atoms with van der Waals surface area (Å²) in [6.07, 6.45) is 1.89. The molecule has 6 nitrogen and oxygen atoms in total. The van der Waals surface area contributed by atoms with E-state index in [2.05, 4.69) is 10.3 Å². The van der Waals surface area contributed by atoms with Crippen LogP contribution in [0.4, 0.5) is 5.69 Å². The predicted octanol–water partition coefficient (Wildman–Crippen LogP) is 3.64. The van der Waals surface area contributed by atoms with E-state index in [1.165, 1.54) is 12.1 Å². The predicted molar refractivity (Wildman–Crippen MR) is 98.5 cm³/mol. The van der Waals surface area contributed by atoms with Crippen LogP contribution in [-0.2, 0) is 14.6 Å². The molecule has 0 aliphatic heterocycles. The third-order valence-corrected chi connectivity index (χ3v) is 6.16. The van der Waals surface area contributed by atoms with Gasteiger partial charge in [-0.05, 0) is 49.2 Å². The van der Waals surface area contributed by atoms with Gasteiger partial charge in [0.2, 0.25) is 11.8 Å². The van der Waals surface area contributed by atoms with Crippen LogP contribution in [0.2, 0.25) is 0 Å². The molecule has 1 heterocycles. The van der Waals surface area contributed by atoms with Gasteiger partial charge in [0.25, 0.3) is 0 Å². The number of amides is 1. The molecule has 1 aliphatic carbocycles. The van der Waals surface area contributed by atoms with Crippen molar-refractivity contribution in [3.05, 3.63) is 42.5 Å². The SMILES string of the molecule is CCS(=O)(=O)c1ccc2oc(-c3cccc(NC(=O)C4CC4)c3)nc2c1. The molecule has 2 aromatic carbocycles. The number of rotatable bonds is 5. The van der Waals surface area contributed by atoms with Crippen molar-refractivity contribution >= 4 is 32.5 Å². The summed E-state index contributed by atoms with van der Waals surface area (Å²) >= 11 is 0. The molecule has 134 valence electrons. The minimum absolute atomic E-state index is 0.0337. The average Bonchev–Trinajstić information content (AvgIpc) is 3.40. The Balaban J connectivity index is 1.67. The summed E-state index contributed by atoms with van der Waals surface area (Å²) in [6, 6.07) is 11.9. The van der Waals surface area contributed by atoms with E-state index in [-0.39, 0.29) is 22.5 Å². The van der Waals surface area contributed by atoms with Crippen LogP contribution in [0.15, 0.2) is 51.8 Å². The third kappa shape index (κ3) is 3.22. The van der Waals surface area contributed by atoms with Crippen molar-refractivity contribution in [3.63, 3.8) is 0 Å². The number of carbonyl (C=O) groups is 1. The molecule has 1 aliphatic rings. The Kier molecular flexibility index (Phi) is 4.03. The summed E-state index contributed by atoms with van der Waals surface area (Å²) in [5.41, 5.74) is 2.41. The zero-order valence-electron chi connectivity index (χ0n) is 14.2. The molecule has 0 radical (unpaired) electrons. The van der Waals surface area contributed by atoms with E-state index in [0.717, 1.165) is 18.4 Å². The van der Waals surface area contributed by atoms with Gasteiger partial charge in [-0.25, -0.2) is 13.4 Å². The molecule has 4 rings (SSSR count). The zero-order chi connectivity index (χ0) is 18.3. The van der Waals surface area contributed by atoms with Crippen molar-refractivity contribution in [1.29, 1.82) is 0 Å². The molecule has 0 bridgehead atoms. The van der Waals surface area contributed by atoms with Crippen molar-refractivity contribution in [2.45, 2.75) is 24.7 Å². The van der Waals surface area contributed by atoms with Crippen molar-refractivity contribution in [2.24, 2.45) is 5.92 Å². The highest BCUT2D eigenvalue weighted by molar-refractivity contribution is 7.91. The molecule has 0 saturated heterocycles. The zero-order valence-corrected chi connectivity index (χ0v) is 15.0. The van der Waals surface area contributed by atoms with Gasteiger partial charge in [-0.1, -0.05) is 13.0 Å². The molecule has 0 atom stereocenters. The van der Waals surface area contributed by atoms with E-state index >= 15 is 0 Å². The first-order chi connectivity index (χ1) is 12.5. The van der Waals surface area contributed by atoms with E-state index in [9.17, 15) is 13.2 Å². The number of anilines is 1. The highest BCUT2D eigenvalue weighted by atomic mass is 32.2. The molecule has 1 aromatic heterocycles. The fourth-order valence-corrected chi connectivity index (χ4v) is 3.61. The van der Waals surface area contributed by atoms with Crippen LogP contribution in [0.25, 0.3) is 22.6 Å². The fourth-order valence-electron chi connectivity index (χ4n) is 2.71. The lowest BCUT2D eigenvalue weighted by molar-refractivity contribution is -0.117. The van der Waals surface area contributed by atoms with Crippen molar-refractivity contribution in [1.82, 2.24) is 4.98 Å². The Morgan fingerprint density at radius 1 is 1.23 bits per heavy atom. The van der Waals surface area contributed by atoms with Crippen LogP contribution in [0.3, 0.4) is 0 Å². The molecule has 1 amide bonds. The van der Waals surface area contributed by atoms with E-state index < -0.39 is 9.84 Å². The lowest BCUT2D eigenvalue weighted by Gasteiger charge is -2.05. The van der Waals surface area contributed by atoms with E-state index in [4.69, 9.17) is 4.42 Å². The molecule has 1 fully saturated rings. The molecule has 7 heteroatoms. The standard InChI is InChI=1S/C19H18N2O4S/c1-2-26(23,24)15-8-9-17-16(11-15)21-19(25-17)13-4-3-5-14(10-13)20-18(22)12-6-7-12/h3-5,8-12H,2,6-7H2,1H3,(H,20,22). The van der Waals surface area contributed by atoms with Crippen molar-refractivity contribution in [2.75, 3.05) is 11.1 Å². The lowest BCUT2D eigenvalue weighted by atomic mass is 10.2. The molecule has 0 unspecified atom stereocenters. The Bertz CT molecular complexity index is 1100. The second kappa shape index (κ2) is 6.25. The summed E-state index contributed by atoms with van der Waals surface area (Å²) in [5, 5.41) is 2.90. The van der Waals surface area contributed by atoms with Gasteiger partial charge in [0.05, 0.1) is 10.6 Å². The Hall–Kier alpha value is -2.67. The van der Waals surface area contributed by atoms with Gasteiger partial charge < -0.3 is 9.73 Å². The summed E-state index contributed by atoms with van der Waals surface area (Å²) in [7, 11) is -3.30. The first-order valence-electron chi connectivity index (χ1n) is 8.51. The van der Waals surface area contributed by atoms with Gasteiger partial charge >= 0.3 is 0 Å². The first kappa shape index (κ1) is 16.8. The maximum atomic E-state index is 12.0. The largest absolute Gasteiger partial charge is 0.436 e. The normalized spacial score (nSPS) is 14.5. The number of fused-ring (bicyclic) bond motifs is 1. The number of nitrogens with zero attached hydrogens (tertiary/aromatic N) is 1. The molecular weight excluding hydrogens is 352 g/mol. The minimum atomic E-state index is -3.30. The summed E-state index contributed by atoms with van der Waals surface area (Å²) in [6.45, 7) is 1.61. The molecule has 1 saturated carbocycles. The Morgan fingerprint density at radius 2 is 2.04 bits per heavy atom. The molecular formula is C19H18N2O4S. The number of aromatic nitrogens is 1. The fraction of sp³-hybridized carbons (Fsp3) is 0.263. The number of sulfone groups is 1. The number of carbonyl (C=O) groups excluding carboxylic acids is 1. The highest BCUT2D eigenvalue weighted by Crippen LogP contribution is 2.31. The maximum Gasteiger partial charge on any atom is 0.227 e. The van der Waals surface area contributed by atoms with Gasteiger partial charge in [0, 0.05) is 17.2 Å². The van der Waals surface area contributed by atoms with Gasteiger partial charge in [-0.3, -0.25) is 4.79 Å². The number of benzene rings is 2. The minimum Gasteiger partial charge on any atom is -0.436 e. The smallest absolute Gasteiger partial charge is 0.227 e. The van der Waals surface area contributed by atoms with Crippen molar-refractivity contribution in [3.8, 4) is 11.5 Å². The van der Waals surface area contributed by atoms with Crippen LogP contribution < -0.4 is 5.32 Å². The molecule has 1 N–H and O–H groups in total. The summed E-state index contributed by atoms with van der Waals surface area (Å²) in [4.78, 5) is 16.6. The van der Waals surface area contributed by atoms with Gasteiger partial charge in [0.1, 0.15) is 5.52 Å². The molecule has 0 spiro atoms. The summed E-state index contributed by atoms with van der Waals surface area (Å²) in [5.74, 6) is 0.580. The molecule has 3 aromatic rings. The van der Waals surface area contributed by atoms with Gasteiger partial charge in [0.15, 0.2) is 15.4 Å². The second-order valence-corrected chi connectivity index (χ2v) is 8.67. The van der Waals surface area contributed by atoms with Gasteiger partial charge in [-0.2, -0.15) is 0 Å². The van der Waals surface area contributed by atoms with Crippen LogP contribution >= 0.6 is 0 Å². The topological polar surface area (TPSA) is 89.3 Å². The number of hydrogen-bond acceptors (Lipinski definition) is 5. The lowest BCUT2D eigenvalue weighted by Crippen LogP contribution is -2.13. The Morgan fingerprint density at radius 3 is 2.77 bits per heavy atom. The van der Waals surface area contributed by atoms with Crippen LogP contribution in [0.5, 0.6) is 0 Å². The maximum absolute atomic E-state index is 12.0. The average molecular weight is 370 g/mol. The Labute approximate surface area is 151 Å². The van der Waals surface area contributed by atoms with E-state index in [1.54, 1.807) is 19.1 Å². The van der Waals surface area contributed by atoms with Crippen LogP contribution in [-0.4, -0.2) is 25.1 Å². The number of oxazole rings is 1. The second-order valence-electron chi connectivity index (χ2n) is 6.40. The van der Waals surface area contributed by atoms with Crippen molar-refractivity contribution < 1.29 is 17.6 Å². The quantitative estimate of drug-likeness (QED) is 0.741. The summed E-state index contributed by atoms with van der Waals surface area (Å²) < 4.78 is 29.8. The first-order valence-corrected chi connectivity index (χ1v) is 10.2. The van der Waals surface area contributed by atoms with Crippen LogP contribution in [0, 0.1) is 5.92 Å². The molecule has 26 heavy (non-hydrogen) atoms. The third-order valence-electron chi connectivity index (χ3n) is 4.42. The van der Waals surface area contributed by atoms with E-state index in [1.807, 2.05) is 18.2 Å².